The molecule has 1 fully saturated rings. The maximum Gasteiger partial charge on any atom is 0.300 e. The van der Waals surface area contributed by atoms with Gasteiger partial charge in [0.25, 0.3) is 11.7 Å². The fraction of sp³-hybridized carbons (Fsp3) is 0.222. The summed E-state index contributed by atoms with van der Waals surface area (Å²) in [6.07, 6.45) is 3.18. The monoisotopic (exact) mass is 458 g/mol. The molecule has 34 heavy (non-hydrogen) atoms. The van der Waals surface area contributed by atoms with Crippen LogP contribution in [0.5, 0.6) is 11.5 Å². The van der Waals surface area contributed by atoms with Gasteiger partial charge in [0.05, 0.1) is 24.3 Å². The molecule has 3 aromatic rings. The number of amides is 1. The molecule has 7 heteroatoms. The number of aliphatic hydroxyl groups excluding tert-OH is 1. The molecular weight excluding hydrogens is 432 g/mol. The van der Waals surface area contributed by atoms with E-state index in [0.717, 1.165) is 0 Å². The molecule has 7 nitrogen and oxygen atoms in total. The number of aliphatic hydroxyl groups is 1. The van der Waals surface area contributed by atoms with Crippen LogP contribution in [0.4, 0.5) is 5.69 Å². The molecule has 0 aliphatic carbocycles. The average molecular weight is 459 g/mol. The van der Waals surface area contributed by atoms with E-state index in [1.165, 1.54) is 4.90 Å². The Morgan fingerprint density at radius 2 is 1.59 bits per heavy atom. The molecule has 1 aromatic heterocycles. The number of carbonyl (C=O) groups is 2. The smallest absolute Gasteiger partial charge is 0.300 e. The van der Waals surface area contributed by atoms with Gasteiger partial charge in [-0.15, -0.1) is 0 Å². The molecule has 2 heterocycles. The maximum atomic E-state index is 13.2. The first-order valence-electron chi connectivity index (χ1n) is 11.1. The molecule has 1 amide bonds. The topological polar surface area (TPSA) is 89.0 Å². The first-order chi connectivity index (χ1) is 16.4. The number of ketones is 1. The zero-order valence-corrected chi connectivity index (χ0v) is 19.3. The minimum Gasteiger partial charge on any atom is -0.507 e. The van der Waals surface area contributed by atoms with Crippen LogP contribution in [0.25, 0.3) is 5.76 Å². The van der Waals surface area contributed by atoms with Crippen LogP contribution in [-0.2, 0) is 9.59 Å². The summed E-state index contributed by atoms with van der Waals surface area (Å²) >= 11 is 0. The molecule has 1 unspecified atom stereocenters. The third-order valence-electron chi connectivity index (χ3n) is 5.39. The summed E-state index contributed by atoms with van der Waals surface area (Å²) in [5, 5.41) is 11.2. The lowest BCUT2D eigenvalue weighted by atomic mass is 9.95. The Balaban J connectivity index is 1.81. The van der Waals surface area contributed by atoms with E-state index in [1.807, 2.05) is 20.8 Å². The van der Waals surface area contributed by atoms with Crippen LogP contribution in [0.15, 0.2) is 78.6 Å². The van der Waals surface area contributed by atoms with Crippen LogP contribution in [0.2, 0.25) is 0 Å². The van der Waals surface area contributed by atoms with Gasteiger partial charge in [-0.2, -0.15) is 0 Å². The van der Waals surface area contributed by atoms with Crippen LogP contribution in [0.1, 0.15) is 37.9 Å². The molecule has 0 saturated carbocycles. The summed E-state index contributed by atoms with van der Waals surface area (Å²) in [7, 11) is 0. The molecule has 1 aliphatic rings. The number of benzene rings is 2. The summed E-state index contributed by atoms with van der Waals surface area (Å²) in [5.41, 5.74) is 1.61. The van der Waals surface area contributed by atoms with E-state index in [1.54, 1.807) is 73.1 Å². The second-order valence-corrected chi connectivity index (χ2v) is 8.07. The van der Waals surface area contributed by atoms with Crippen LogP contribution in [0, 0.1) is 0 Å². The third-order valence-corrected chi connectivity index (χ3v) is 5.39. The van der Waals surface area contributed by atoms with Gasteiger partial charge in [0.15, 0.2) is 0 Å². The molecule has 0 radical (unpaired) electrons. The van der Waals surface area contributed by atoms with E-state index in [2.05, 4.69) is 4.98 Å². The Morgan fingerprint density at radius 3 is 2.18 bits per heavy atom. The number of carbonyl (C=O) groups excluding carboxylic acids is 2. The number of nitrogens with zero attached hydrogens (tertiary/aromatic N) is 2. The predicted octanol–water partition coefficient (Wildman–Crippen LogP) is 4.89. The van der Waals surface area contributed by atoms with Gasteiger partial charge in [-0.25, -0.2) is 0 Å². The van der Waals surface area contributed by atoms with Crippen molar-refractivity contribution >= 4 is 23.1 Å². The quantitative estimate of drug-likeness (QED) is 0.308. The van der Waals surface area contributed by atoms with E-state index in [9.17, 15) is 14.7 Å². The van der Waals surface area contributed by atoms with Crippen molar-refractivity contribution in [2.75, 3.05) is 11.5 Å². The van der Waals surface area contributed by atoms with Crippen molar-refractivity contribution in [1.29, 1.82) is 0 Å². The number of hydrogen-bond acceptors (Lipinski definition) is 6. The molecule has 1 aliphatic heterocycles. The Labute approximate surface area is 198 Å². The SMILES string of the molecule is CCOc1ccc(N2C(=O)C(=O)/C(=C(\O)c3ccc(OC(C)C)cc3)C2c2ccncc2)cc1. The van der Waals surface area contributed by atoms with Gasteiger partial charge in [-0.3, -0.25) is 19.5 Å². The predicted molar refractivity (Wildman–Crippen MR) is 129 cm³/mol. The zero-order valence-electron chi connectivity index (χ0n) is 19.3. The Hall–Kier alpha value is -4.13. The Bertz CT molecular complexity index is 1200. The number of Topliss-reactive ketones (excluding diaryl/α,β-unsaturated/α-hetero) is 1. The van der Waals surface area contributed by atoms with E-state index in [0.29, 0.717) is 34.9 Å². The average Bonchev–Trinajstić information content (AvgIpc) is 3.10. The van der Waals surface area contributed by atoms with Crippen molar-refractivity contribution in [3.05, 3.63) is 89.8 Å². The number of pyridine rings is 1. The third kappa shape index (κ3) is 4.50. The number of aromatic nitrogens is 1. The number of ether oxygens (including phenoxy) is 2. The summed E-state index contributed by atoms with van der Waals surface area (Å²) < 4.78 is 11.2. The highest BCUT2D eigenvalue weighted by Crippen LogP contribution is 2.42. The van der Waals surface area contributed by atoms with Crippen molar-refractivity contribution in [1.82, 2.24) is 4.98 Å². The van der Waals surface area contributed by atoms with Gasteiger partial charge in [0.1, 0.15) is 17.3 Å². The van der Waals surface area contributed by atoms with Crippen molar-refractivity contribution in [3.63, 3.8) is 0 Å². The van der Waals surface area contributed by atoms with Gasteiger partial charge in [0, 0.05) is 23.6 Å². The fourth-order valence-electron chi connectivity index (χ4n) is 3.95. The first kappa shape index (κ1) is 23.0. The molecular formula is C27H26N2O5. The van der Waals surface area contributed by atoms with E-state index < -0.39 is 17.7 Å². The van der Waals surface area contributed by atoms with Gasteiger partial charge < -0.3 is 14.6 Å². The highest BCUT2D eigenvalue weighted by molar-refractivity contribution is 6.51. The number of hydrogen-bond donors (Lipinski definition) is 1. The van der Waals surface area contributed by atoms with E-state index in [4.69, 9.17) is 9.47 Å². The lowest BCUT2D eigenvalue weighted by Gasteiger charge is -2.25. The Morgan fingerprint density at radius 1 is 0.971 bits per heavy atom. The van der Waals surface area contributed by atoms with Crippen LogP contribution in [0.3, 0.4) is 0 Å². The summed E-state index contributed by atoms with van der Waals surface area (Å²) in [5.74, 6) is -0.410. The normalized spacial score (nSPS) is 17.3. The molecule has 1 N–H and O–H groups in total. The van der Waals surface area contributed by atoms with Gasteiger partial charge in [0.2, 0.25) is 0 Å². The maximum absolute atomic E-state index is 13.2. The minimum atomic E-state index is -0.812. The van der Waals surface area contributed by atoms with Gasteiger partial charge in [-0.1, -0.05) is 0 Å². The Kier molecular flexibility index (Phi) is 6.63. The molecule has 2 aromatic carbocycles. The number of rotatable bonds is 7. The molecule has 1 saturated heterocycles. The first-order valence-corrected chi connectivity index (χ1v) is 11.1. The van der Waals surface area contributed by atoms with E-state index in [-0.39, 0.29) is 17.4 Å². The summed E-state index contributed by atoms with van der Waals surface area (Å²) in [6, 6.07) is 16.4. The molecule has 4 rings (SSSR count). The standard InChI is InChI=1S/C27H26N2O5/c1-4-33-21-11-7-20(8-12-21)29-24(18-13-15-28-16-14-18)23(26(31)27(29)32)25(30)19-5-9-22(10-6-19)34-17(2)3/h5-17,24,30H,4H2,1-3H3/b25-23-. The lowest BCUT2D eigenvalue weighted by molar-refractivity contribution is -0.132. The molecule has 1 atom stereocenters. The second kappa shape index (κ2) is 9.79. The minimum absolute atomic E-state index is 0.00516. The summed E-state index contributed by atoms with van der Waals surface area (Å²) in [6.45, 7) is 6.25. The van der Waals surface area contributed by atoms with Crippen LogP contribution >= 0.6 is 0 Å². The summed E-state index contributed by atoms with van der Waals surface area (Å²) in [4.78, 5) is 31.8. The van der Waals surface area contributed by atoms with Crippen molar-refractivity contribution in [2.45, 2.75) is 32.9 Å². The molecule has 174 valence electrons. The largest absolute Gasteiger partial charge is 0.507 e. The van der Waals surface area contributed by atoms with Crippen molar-refractivity contribution in [3.8, 4) is 11.5 Å². The van der Waals surface area contributed by atoms with Gasteiger partial charge in [-0.05, 0) is 87.0 Å². The zero-order chi connectivity index (χ0) is 24.2. The van der Waals surface area contributed by atoms with Crippen LogP contribution in [-0.4, -0.2) is 34.5 Å². The van der Waals surface area contributed by atoms with Gasteiger partial charge >= 0.3 is 0 Å². The fourth-order valence-corrected chi connectivity index (χ4v) is 3.95. The molecule has 0 spiro atoms. The lowest BCUT2D eigenvalue weighted by Crippen LogP contribution is -2.29. The highest BCUT2D eigenvalue weighted by Gasteiger charge is 2.46. The number of anilines is 1. The molecule has 0 bridgehead atoms. The second-order valence-electron chi connectivity index (χ2n) is 8.07. The van der Waals surface area contributed by atoms with Crippen molar-refractivity contribution < 1.29 is 24.2 Å². The van der Waals surface area contributed by atoms with Crippen LogP contribution < -0.4 is 14.4 Å². The highest BCUT2D eigenvalue weighted by atomic mass is 16.5. The van der Waals surface area contributed by atoms with Crippen molar-refractivity contribution in [2.24, 2.45) is 0 Å². The van der Waals surface area contributed by atoms with E-state index >= 15 is 0 Å².